The number of rotatable bonds is 2. The smallest absolute Gasteiger partial charge is 0.236 e. The summed E-state index contributed by atoms with van der Waals surface area (Å²) in [5, 5.41) is -0.502. The van der Waals surface area contributed by atoms with Crippen LogP contribution >= 0.6 is 10.7 Å². The van der Waals surface area contributed by atoms with E-state index in [-0.39, 0.29) is 6.10 Å². The normalized spacial score (nSPS) is 31.9. The van der Waals surface area contributed by atoms with Crippen LogP contribution < -0.4 is 0 Å². The van der Waals surface area contributed by atoms with Crippen LogP contribution in [-0.2, 0) is 13.8 Å². The molecule has 1 aliphatic rings. The molecule has 1 aliphatic heterocycles. The number of piperidine rings is 1. The molecule has 0 amide bonds. The van der Waals surface area contributed by atoms with Crippen molar-refractivity contribution in [3.63, 3.8) is 0 Å². The average molecular weight is 228 g/mol. The summed E-state index contributed by atoms with van der Waals surface area (Å²) in [5.41, 5.74) is 0. The molecule has 0 aromatic heterocycles. The van der Waals surface area contributed by atoms with Gasteiger partial charge in [0.1, 0.15) is 0 Å². The fourth-order valence-electron chi connectivity index (χ4n) is 1.59. The highest BCUT2D eigenvalue weighted by Gasteiger charge is 2.32. The summed E-state index contributed by atoms with van der Waals surface area (Å²) in [4.78, 5) is 1.92. The molecule has 2 unspecified atom stereocenters. The Labute approximate surface area is 83.2 Å². The number of hydrogen-bond donors (Lipinski definition) is 0. The van der Waals surface area contributed by atoms with Crippen molar-refractivity contribution in [2.45, 2.75) is 17.8 Å². The Morgan fingerprint density at radius 2 is 2.08 bits per heavy atom. The molecule has 0 spiro atoms. The Hall–Kier alpha value is 0.160. The van der Waals surface area contributed by atoms with Gasteiger partial charge in [0.25, 0.3) is 0 Å². The van der Waals surface area contributed by atoms with E-state index in [2.05, 4.69) is 0 Å². The van der Waals surface area contributed by atoms with E-state index >= 15 is 0 Å². The van der Waals surface area contributed by atoms with Crippen LogP contribution in [0.5, 0.6) is 0 Å². The van der Waals surface area contributed by atoms with Gasteiger partial charge in [-0.3, -0.25) is 0 Å². The number of hydrogen-bond acceptors (Lipinski definition) is 4. The second kappa shape index (κ2) is 4.13. The number of halogens is 1. The third-order valence-electron chi connectivity index (χ3n) is 2.29. The Bertz CT molecular complexity index is 267. The molecule has 0 aliphatic carbocycles. The maximum Gasteiger partial charge on any atom is 0.236 e. The van der Waals surface area contributed by atoms with Gasteiger partial charge in [-0.2, -0.15) is 0 Å². The van der Waals surface area contributed by atoms with Gasteiger partial charge in [0, 0.05) is 30.9 Å². The van der Waals surface area contributed by atoms with Gasteiger partial charge in [-0.15, -0.1) is 0 Å². The molecule has 0 aromatic rings. The van der Waals surface area contributed by atoms with Gasteiger partial charge in [-0.1, -0.05) is 0 Å². The second-order valence-corrected chi connectivity index (χ2v) is 6.32. The summed E-state index contributed by atoms with van der Waals surface area (Å²) < 4.78 is 27.3. The molecule has 1 rings (SSSR count). The van der Waals surface area contributed by atoms with Crippen LogP contribution in [0, 0.1) is 0 Å². The van der Waals surface area contributed by atoms with E-state index in [4.69, 9.17) is 15.4 Å². The van der Waals surface area contributed by atoms with E-state index in [1.54, 1.807) is 7.11 Å². The molecule has 13 heavy (non-hydrogen) atoms. The molecule has 6 heteroatoms. The highest BCUT2D eigenvalue weighted by atomic mass is 35.7. The topological polar surface area (TPSA) is 46.6 Å². The molecule has 78 valence electrons. The maximum atomic E-state index is 11.1. The van der Waals surface area contributed by atoms with Crippen molar-refractivity contribution in [1.82, 2.24) is 4.90 Å². The highest BCUT2D eigenvalue weighted by molar-refractivity contribution is 8.14. The lowest BCUT2D eigenvalue weighted by molar-refractivity contribution is 0.0425. The van der Waals surface area contributed by atoms with Crippen LogP contribution in [0.1, 0.15) is 6.42 Å². The molecule has 2 atom stereocenters. The van der Waals surface area contributed by atoms with Crippen LogP contribution in [0.2, 0.25) is 0 Å². The van der Waals surface area contributed by atoms with E-state index in [0.29, 0.717) is 13.0 Å². The number of methoxy groups -OCH3 is 1. The predicted octanol–water partition coefficient (Wildman–Crippen LogP) is 0.274. The number of nitrogens with zero attached hydrogens (tertiary/aromatic N) is 1. The first-order chi connectivity index (χ1) is 5.93. The minimum absolute atomic E-state index is 0.0303. The third-order valence-corrected chi connectivity index (χ3v) is 4.18. The summed E-state index contributed by atoms with van der Waals surface area (Å²) in [6.45, 7) is 1.26. The molecule has 0 radical (unpaired) electrons. The quantitative estimate of drug-likeness (QED) is 0.636. The molecule has 0 N–H and O–H groups in total. The van der Waals surface area contributed by atoms with Crippen LogP contribution in [0.15, 0.2) is 0 Å². The summed E-state index contributed by atoms with van der Waals surface area (Å²) in [7, 11) is 5.28. The summed E-state index contributed by atoms with van der Waals surface area (Å²) >= 11 is 0. The van der Waals surface area contributed by atoms with E-state index in [1.165, 1.54) is 0 Å². The van der Waals surface area contributed by atoms with Gasteiger partial charge >= 0.3 is 0 Å². The molecular formula is C7H14ClNO3S. The maximum absolute atomic E-state index is 11.1. The molecule has 0 saturated carbocycles. The third kappa shape index (κ3) is 3.09. The average Bonchev–Trinajstić information content (AvgIpc) is 2.01. The summed E-state index contributed by atoms with van der Waals surface area (Å²) in [6.07, 6.45) is 0.462. The van der Waals surface area contributed by atoms with Gasteiger partial charge in [0.15, 0.2) is 0 Å². The van der Waals surface area contributed by atoms with Crippen LogP contribution in [0.25, 0.3) is 0 Å². The molecule has 0 aromatic carbocycles. The van der Waals surface area contributed by atoms with E-state index in [0.717, 1.165) is 6.54 Å². The minimum atomic E-state index is -3.45. The van der Waals surface area contributed by atoms with Crippen molar-refractivity contribution in [1.29, 1.82) is 0 Å². The first-order valence-electron chi connectivity index (χ1n) is 4.08. The van der Waals surface area contributed by atoms with Crippen LogP contribution in [0.4, 0.5) is 0 Å². The second-order valence-electron chi connectivity index (χ2n) is 3.41. The van der Waals surface area contributed by atoms with E-state index < -0.39 is 14.3 Å². The Kier molecular flexibility index (Phi) is 3.57. The number of likely N-dealkylation sites (tertiary alicyclic amines) is 1. The first-order valence-corrected chi connectivity index (χ1v) is 6.45. The molecule has 4 nitrogen and oxygen atoms in total. The van der Waals surface area contributed by atoms with Crippen molar-refractivity contribution < 1.29 is 13.2 Å². The van der Waals surface area contributed by atoms with Crippen molar-refractivity contribution in [3.05, 3.63) is 0 Å². The van der Waals surface area contributed by atoms with Crippen LogP contribution in [0.3, 0.4) is 0 Å². The lowest BCUT2D eigenvalue weighted by Gasteiger charge is -2.33. The van der Waals surface area contributed by atoms with Crippen LogP contribution in [-0.4, -0.2) is 51.9 Å². The highest BCUT2D eigenvalue weighted by Crippen LogP contribution is 2.20. The zero-order valence-corrected chi connectivity index (χ0v) is 9.31. The number of likely N-dealkylation sites (N-methyl/N-ethyl adjacent to an activating group) is 1. The summed E-state index contributed by atoms with van der Waals surface area (Å²) in [5.74, 6) is 0. The Morgan fingerprint density at radius 3 is 2.54 bits per heavy atom. The minimum Gasteiger partial charge on any atom is -0.380 e. The van der Waals surface area contributed by atoms with Gasteiger partial charge in [0.2, 0.25) is 9.05 Å². The zero-order chi connectivity index (χ0) is 10.1. The molecule has 0 bridgehead atoms. The molecule has 1 heterocycles. The van der Waals surface area contributed by atoms with Gasteiger partial charge in [0.05, 0.1) is 11.4 Å². The van der Waals surface area contributed by atoms with Crippen molar-refractivity contribution >= 4 is 19.7 Å². The summed E-state index contributed by atoms with van der Waals surface area (Å²) in [6, 6.07) is 0. The molecule has 1 fully saturated rings. The van der Waals surface area contributed by atoms with Gasteiger partial charge in [-0.05, 0) is 13.5 Å². The van der Waals surface area contributed by atoms with E-state index in [9.17, 15) is 8.42 Å². The molecular weight excluding hydrogens is 214 g/mol. The monoisotopic (exact) mass is 227 g/mol. The first kappa shape index (κ1) is 11.2. The lowest BCUT2D eigenvalue weighted by Crippen LogP contribution is -2.46. The fraction of sp³-hybridized carbons (Fsp3) is 1.00. The largest absolute Gasteiger partial charge is 0.380 e. The van der Waals surface area contributed by atoms with E-state index in [1.807, 2.05) is 11.9 Å². The zero-order valence-electron chi connectivity index (χ0n) is 7.73. The van der Waals surface area contributed by atoms with Crippen molar-refractivity contribution in [2.24, 2.45) is 0 Å². The Morgan fingerprint density at radius 1 is 1.46 bits per heavy atom. The lowest BCUT2D eigenvalue weighted by atomic mass is 10.1. The molecule has 1 saturated heterocycles. The standard InChI is InChI=1S/C7H14ClNO3S/c1-9-4-6(12-2)3-7(5-9)13(8,10)11/h6-7H,3-5H2,1-2H3. The predicted molar refractivity (Wildman–Crippen MR) is 51.5 cm³/mol. The number of ether oxygens (including phenoxy) is 1. The van der Waals surface area contributed by atoms with Crippen molar-refractivity contribution in [3.8, 4) is 0 Å². The Balaban J connectivity index is 2.68. The fourth-order valence-corrected chi connectivity index (χ4v) is 2.85. The van der Waals surface area contributed by atoms with Crippen molar-refractivity contribution in [2.75, 3.05) is 27.2 Å². The van der Waals surface area contributed by atoms with Gasteiger partial charge < -0.3 is 9.64 Å². The SMILES string of the molecule is COC1CC(S(=O)(=O)Cl)CN(C)C1. The van der Waals surface area contributed by atoms with Gasteiger partial charge in [-0.25, -0.2) is 8.42 Å².